The fourth-order valence-corrected chi connectivity index (χ4v) is 5.56. The molecule has 1 aliphatic carbocycles. The molecule has 0 bridgehead atoms. The third-order valence-corrected chi connectivity index (χ3v) is 7.98. The van der Waals surface area contributed by atoms with Gasteiger partial charge < -0.3 is 20.1 Å². The molecular formula is C39H42N4O5. The summed E-state index contributed by atoms with van der Waals surface area (Å²) in [5, 5.41) is 9.55. The molecule has 0 radical (unpaired) electrons. The number of rotatable bonds is 11. The van der Waals surface area contributed by atoms with Crippen LogP contribution in [0.25, 0.3) is 11.1 Å². The highest BCUT2D eigenvalue weighted by atomic mass is 16.5. The molecule has 0 spiro atoms. The van der Waals surface area contributed by atoms with Crippen LogP contribution < -0.4 is 20.8 Å². The van der Waals surface area contributed by atoms with Crippen molar-refractivity contribution in [2.75, 3.05) is 6.61 Å². The molecule has 0 unspecified atom stereocenters. The van der Waals surface area contributed by atoms with Gasteiger partial charge >= 0.3 is 6.09 Å². The zero-order chi connectivity index (χ0) is 34.3. The van der Waals surface area contributed by atoms with E-state index in [-0.39, 0.29) is 30.3 Å². The number of hydrogen-bond acceptors (Lipinski definition) is 6. The van der Waals surface area contributed by atoms with Crippen LogP contribution in [0.3, 0.4) is 0 Å². The van der Waals surface area contributed by atoms with Crippen LogP contribution in [0, 0.1) is 6.92 Å². The first-order valence-corrected chi connectivity index (χ1v) is 16.0. The van der Waals surface area contributed by atoms with Crippen LogP contribution >= 0.6 is 0 Å². The molecule has 0 heterocycles. The lowest BCUT2D eigenvalue weighted by molar-refractivity contribution is -0.123. The van der Waals surface area contributed by atoms with Gasteiger partial charge in [0.2, 0.25) is 0 Å². The third kappa shape index (κ3) is 8.88. The van der Waals surface area contributed by atoms with Gasteiger partial charge in [-0.05, 0) is 80.1 Å². The van der Waals surface area contributed by atoms with Crippen molar-refractivity contribution in [2.24, 2.45) is 5.10 Å². The molecule has 0 aromatic heterocycles. The summed E-state index contributed by atoms with van der Waals surface area (Å²) in [5.41, 5.74) is 9.42. The van der Waals surface area contributed by atoms with Crippen LogP contribution in [0.5, 0.6) is 5.75 Å². The van der Waals surface area contributed by atoms with E-state index in [0.717, 1.165) is 38.9 Å². The Morgan fingerprint density at radius 1 is 0.812 bits per heavy atom. The fourth-order valence-electron chi connectivity index (χ4n) is 5.56. The first kappa shape index (κ1) is 33.9. The van der Waals surface area contributed by atoms with Crippen LogP contribution in [0.4, 0.5) is 4.79 Å². The number of amides is 3. The first-order chi connectivity index (χ1) is 23.0. The van der Waals surface area contributed by atoms with E-state index in [1.807, 2.05) is 113 Å². The minimum Gasteiger partial charge on any atom is -0.488 e. The predicted octanol–water partition coefficient (Wildman–Crippen LogP) is 6.43. The number of carbonyl (C=O) groups excluding carboxylic acids is 3. The smallest absolute Gasteiger partial charge is 0.407 e. The number of hydrazone groups is 1. The van der Waals surface area contributed by atoms with Crippen molar-refractivity contribution in [1.82, 2.24) is 16.1 Å². The molecule has 4 aromatic rings. The second kappa shape index (κ2) is 15.0. The van der Waals surface area contributed by atoms with Crippen molar-refractivity contribution >= 4 is 23.6 Å². The Bertz CT molecular complexity index is 1750. The Morgan fingerprint density at radius 3 is 2.00 bits per heavy atom. The average Bonchev–Trinajstić information content (AvgIpc) is 3.39. The van der Waals surface area contributed by atoms with Gasteiger partial charge in [-0.1, -0.05) is 90.5 Å². The van der Waals surface area contributed by atoms with Gasteiger partial charge in [-0.3, -0.25) is 9.59 Å². The maximum atomic E-state index is 13.4. The molecule has 0 saturated heterocycles. The molecule has 1 atom stereocenters. The summed E-state index contributed by atoms with van der Waals surface area (Å²) in [4.78, 5) is 39.3. The quantitative estimate of drug-likeness (QED) is 0.128. The number of aryl methyl sites for hydroxylation is 1. The molecule has 5 rings (SSSR count). The standard InChI is InChI=1S/C39H42N4O5/c1-25-14-16-28(17-15-25)23-40-36(44)26(2)42-43-37(45)35(22-27-18-20-29(21-19-27)48-39(3,4)5)41-38(46)47-24-34-32-12-8-6-10-30(32)31-11-7-9-13-33(31)34/h6-21,34-35H,22-24H2,1-5H3,(H,40,44)(H,41,46)(H,43,45)/b42-26-/t35-/m0/s1. The van der Waals surface area contributed by atoms with E-state index in [4.69, 9.17) is 9.47 Å². The molecule has 9 heteroatoms. The van der Waals surface area contributed by atoms with Gasteiger partial charge in [-0.25, -0.2) is 10.2 Å². The number of nitrogens with one attached hydrogen (secondary N) is 3. The highest BCUT2D eigenvalue weighted by Crippen LogP contribution is 2.44. The Morgan fingerprint density at radius 2 is 1.40 bits per heavy atom. The SMILES string of the molecule is C/C(=N/NC(=O)[C@H](Cc1ccc(OC(C)(C)C)cc1)NC(=O)OCC1c2ccccc2-c2ccccc21)C(=O)NCc1ccc(C)cc1. The summed E-state index contributed by atoms with van der Waals surface area (Å²) in [7, 11) is 0. The van der Waals surface area contributed by atoms with Crippen LogP contribution in [0.2, 0.25) is 0 Å². The average molecular weight is 647 g/mol. The van der Waals surface area contributed by atoms with Crippen molar-refractivity contribution in [1.29, 1.82) is 0 Å². The van der Waals surface area contributed by atoms with Gasteiger partial charge in [0.25, 0.3) is 11.8 Å². The Hall–Kier alpha value is -5.44. The van der Waals surface area contributed by atoms with E-state index in [1.165, 1.54) is 6.92 Å². The Labute approximate surface area is 281 Å². The van der Waals surface area contributed by atoms with Crippen molar-refractivity contribution < 1.29 is 23.9 Å². The highest BCUT2D eigenvalue weighted by Gasteiger charge is 2.30. The van der Waals surface area contributed by atoms with Gasteiger partial charge in [0, 0.05) is 18.9 Å². The number of fused-ring (bicyclic) bond motifs is 3. The first-order valence-electron chi connectivity index (χ1n) is 16.0. The van der Waals surface area contributed by atoms with Crippen LogP contribution in [0.1, 0.15) is 61.4 Å². The molecule has 248 valence electrons. The van der Waals surface area contributed by atoms with E-state index in [0.29, 0.717) is 12.3 Å². The molecule has 1 aliphatic rings. The maximum absolute atomic E-state index is 13.4. The lowest BCUT2D eigenvalue weighted by Gasteiger charge is -2.22. The van der Waals surface area contributed by atoms with E-state index in [2.05, 4.69) is 33.3 Å². The summed E-state index contributed by atoms with van der Waals surface area (Å²) in [6, 6.07) is 30.3. The molecule has 3 N–H and O–H groups in total. The largest absolute Gasteiger partial charge is 0.488 e. The van der Waals surface area contributed by atoms with Gasteiger partial charge in [-0.15, -0.1) is 0 Å². The number of carbonyl (C=O) groups is 3. The molecular weight excluding hydrogens is 604 g/mol. The molecule has 4 aromatic carbocycles. The molecule has 3 amide bonds. The van der Waals surface area contributed by atoms with Crippen molar-refractivity contribution in [3.05, 3.63) is 125 Å². The topological polar surface area (TPSA) is 118 Å². The number of nitrogens with zero attached hydrogens (tertiary/aromatic N) is 1. The van der Waals surface area contributed by atoms with Gasteiger partial charge in [0.05, 0.1) is 0 Å². The minimum atomic E-state index is -1.04. The summed E-state index contributed by atoms with van der Waals surface area (Å²) in [6.07, 6.45) is -0.582. The Balaban J connectivity index is 1.25. The minimum absolute atomic E-state index is 0.0686. The molecule has 9 nitrogen and oxygen atoms in total. The lowest BCUT2D eigenvalue weighted by atomic mass is 9.98. The predicted molar refractivity (Wildman–Crippen MR) is 187 cm³/mol. The second-order valence-electron chi connectivity index (χ2n) is 12.9. The zero-order valence-electron chi connectivity index (χ0n) is 28.0. The van der Waals surface area contributed by atoms with Gasteiger partial charge in [0.15, 0.2) is 0 Å². The van der Waals surface area contributed by atoms with E-state index >= 15 is 0 Å². The molecule has 0 fully saturated rings. The number of alkyl carbamates (subject to hydrolysis) is 1. The number of hydrogen-bond donors (Lipinski definition) is 3. The number of benzene rings is 4. The summed E-state index contributed by atoms with van der Waals surface area (Å²) < 4.78 is 11.6. The van der Waals surface area contributed by atoms with E-state index < -0.39 is 23.9 Å². The molecule has 48 heavy (non-hydrogen) atoms. The van der Waals surface area contributed by atoms with Crippen molar-refractivity contribution in [3.8, 4) is 16.9 Å². The van der Waals surface area contributed by atoms with Crippen LogP contribution in [0.15, 0.2) is 102 Å². The van der Waals surface area contributed by atoms with Gasteiger partial charge in [-0.2, -0.15) is 5.10 Å². The van der Waals surface area contributed by atoms with Crippen molar-refractivity contribution in [3.63, 3.8) is 0 Å². The molecule has 0 aliphatic heterocycles. The number of ether oxygens (including phenoxy) is 2. The Kier molecular flexibility index (Phi) is 10.6. The highest BCUT2D eigenvalue weighted by molar-refractivity contribution is 6.37. The summed E-state index contributed by atoms with van der Waals surface area (Å²) in [5.74, 6) is -0.458. The normalized spacial score (nSPS) is 13.1. The van der Waals surface area contributed by atoms with Crippen LogP contribution in [-0.2, 0) is 27.3 Å². The third-order valence-electron chi connectivity index (χ3n) is 7.98. The fraction of sp³-hybridized carbons (Fsp3) is 0.282. The maximum Gasteiger partial charge on any atom is 0.407 e. The molecule has 0 saturated carbocycles. The lowest BCUT2D eigenvalue weighted by Crippen LogP contribution is -2.47. The summed E-state index contributed by atoms with van der Waals surface area (Å²) in [6.45, 7) is 9.81. The zero-order valence-corrected chi connectivity index (χ0v) is 28.0. The van der Waals surface area contributed by atoms with Gasteiger partial charge in [0.1, 0.15) is 29.7 Å². The monoisotopic (exact) mass is 646 g/mol. The van der Waals surface area contributed by atoms with Crippen molar-refractivity contribution in [2.45, 2.75) is 65.1 Å². The van der Waals surface area contributed by atoms with Crippen LogP contribution in [-0.4, -0.2) is 41.9 Å². The summed E-state index contributed by atoms with van der Waals surface area (Å²) >= 11 is 0. The van der Waals surface area contributed by atoms with E-state index in [1.54, 1.807) is 0 Å². The second-order valence-corrected chi connectivity index (χ2v) is 12.9. The van der Waals surface area contributed by atoms with E-state index in [9.17, 15) is 14.4 Å².